The fourth-order valence-corrected chi connectivity index (χ4v) is 3.08. The molecule has 0 aliphatic carbocycles. The highest BCUT2D eigenvalue weighted by molar-refractivity contribution is 5.37. The molecule has 23 heavy (non-hydrogen) atoms. The van der Waals surface area contributed by atoms with Crippen LogP contribution < -0.4 is 0 Å². The van der Waals surface area contributed by atoms with Crippen LogP contribution in [0, 0.1) is 13.8 Å². The Labute approximate surface area is 137 Å². The van der Waals surface area contributed by atoms with Crippen LogP contribution in [0.5, 0.6) is 0 Å². The van der Waals surface area contributed by atoms with E-state index >= 15 is 0 Å². The first-order valence-electron chi connectivity index (χ1n) is 7.85. The lowest BCUT2D eigenvalue weighted by Gasteiger charge is -2.27. The van der Waals surface area contributed by atoms with E-state index in [1.54, 1.807) is 6.20 Å². The third-order valence-corrected chi connectivity index (χ3v) is 4.41. The van der Waals surface area contributed by atoms with Gasteiger partial charge in [-0.2, -0.15) is 0 Å². The summed E-state index contributed by atoms with van der Waals surface area (Å²) in [6.07, 6.45) is 1.78. The van der Waals surface area contributed by atoms with E-state index in [-0.39, 0.29) is 0 Å². The van der Waals surface area contributed by atoms with Gasteiger partial charge >= 0.3 is 0 Å². The summed E-state index contributed by atoms with van der Waals surface area (Å²) in [6.45, 7) is 6.53. The van der Waals surface area contributed by atoms with Crippen LogP contribution in [0.15, 0.2) is 60.8 Å². The SMILES string of the molecule is Cc1ccccc1[C@](C)(O)c1cnc(C)n1Cc1ccccc1. The minimum atomic E-state index is -1.08. The number of aliphatic hydroxyl groups is 1. The van der Waals surface area contributed by atoms with Gasteiger partial charge in [-0.25, -0.2) is 4.98 Å². The van der Waals surface area contributed by atoms with Gasteiger partial charge in [-0.3, -0.25) is 0 Å². The van der Waals surface area contributed by atoms with Crippen molar-refractivity contribution in [3.63, 3.8) is 0 Å². The van der Waals surface area contributed by atoms with Crippen LogP contribution in [0.25, 0.3) is 0 Å². The van der Waals surface area contributed by atoms with Gasteiger partial charge in [0.05, 0.1) is 11.9 Å². The first kappa shape index (κ1) is 15.5. The zero-order valence-corrected chi connectivity index (χ0v) is 13.8. The third-order valence-electron chi connectivity index (χ3n) is 4.41. The predicted octanol–water partition coefficient (Wildman–Crippen LogP) is 3.80. The summed E-state index contributed by atoms with van der Waals surface area (Å²) >= 11 is 0. The lowest BCUT2D eigenvalue weighted by Crippen LogP contribution is -2.28. The molecule has 0 saturated heterocycles. The van der Waals surface area contributed by atoms with Crippen molar-refractivity contribution in [2.45, 2.75) is 32.9 Å². The minimum absolute atomic E-state index is 0.698. The number of benzene rings is 2. The molecular formula is C20H22N2O. The average molecular weight is 306 g/mol. The van der Waals surface area contributed by atoms with Gasteiger partial charge in [0.2, 0.25) is 0 Å². The van der Waals surface area contributed by atoms with Crippen LogP contribution in [0.2, 0.25) is 0 Å². The largest absolute Gasteiger partial charge is 0.379 e. The van der Waals surface area contributed by atoms with E-state index in [0.29, 0.717) is 6.54 Å². The first-order chi connectivity index (χ1) is 11.0. The summed E-state index contributed by atoms with van der Waals surface area (Å²) < 4.78 is 2.09. The molecule has 1 atom stereocenters. The summed E-state index contributed by atoms with van der Waals surface area (Å²) in [5, 5.41) is 11.2. The Balaban J connectivity index is 2.05. The minimum Gasteiger partial charge on any atom is -0.379 e. The standard InChI is InChI=1S/C20H22N2O/c1-15-9-7-8-12-18(15)20(3,23)19-13-21-16(2)22(19)14-17-10-5-4-6-11-17/h4-13,23H,14H2,1-3H3/t20-/m0/s1. The summed E-state index contributed by atoms with van der Waals surface area (Å²) in [5.74, 6) is 0.901. The maximum atomic E-state index is 11.2. The summed E-state index contributed by atoms with van der Waals surface area (Å²) in [7, 11) is 0. The second kappa shape index (κ2) is 6.01. The quantitative estimate of drug-likeness (QED) is 0.796. The number of aromatic nitrogens is 2. The molecule has 3 heteroatoms. The average Bonchev–Trinajstić information content (AvgIpc) is 2.90. The number of imidazole rings is 1. The number of hydrogen-bond donors (Lipinski definition) is 1. The molecule has 0 radical (unpaired) electrons. The van der Waals surface area contributed by atoms with Gasteiger partial charge in [0.15, 0.2) is 0 Å². The molecule has 0 unspecified atom stereocenters. The molecule has 2 aromatic carbocycles. The van der Waals surface area contributed by atoms with Crippen molar-refractivity contribution in [3.05, 3.63) is 89.0 Å². The van der Waals surface area contributed by atoms with Crippen molar-refractivity contribution in [2.24, 2.45) is 0 Å². The fourth-order valence-electron chi connectivity index (χ4n) is 3.08. The predicted molar refractivity (Wildman–Crippen MR) is 92.4 cm³/mol. The van der Waals surface area contributed by atoms with E-state index in [2.05, 4.69) is 21.7 Å². The molecule has 0 aliphatic rings. The van der Waals surface area contributed by atoms with Gasteiger partial charge < -0.3 is 9.67 Å². The second-order valence-electron chi connectivity index (χ2n) is 6.15. The van der Waals surface area contributed by atoms with Crippen LogP contribution in [-0.4, -0.2) is 14.7 Å². The molecule has 118 valence electrons. The molecule has 0 fully saturated rings. The highest BCUT2D eigenvalue weighted by Crippen LogP contribution is 2.32. The summed E-state index contributed by atoms with van der Waals surface area (Å²) in [4.78, 5) is 4.44. The molecule has 3 nitrogen and oxygen atoms in total. The van der Waals surface area contributed by atoms with Crippen molar-refractivity contribution in [1.82, 2.24) is 9.55 Å². The molecule has 1 N–H and O–H groups in total. The number of nitrogens with zero attached hydrogens (tertiary/aromatic N) is 2. The molecular weight excluding hydrogens is 284 g/mol. The van der Waals surface area contributed by atoms with Crippen LogP contribution >= 0.6 is 0 Å². The summed E-state index contributed by atoms with van der Waals surface area (Å²) in [5.41, 5.74) is 2.90. The molecule has 0 spiro atoms. The van der Waals surface area contributed by atoms with E-state index in [9.17, 15) is 5.11 Å². The molecule has 1 aromatic heterocycles. The van der Waals surface area contributed by atoms with Gasteiger partial charge in [-0.15, -0.1) is 0 Å². The van der Waals surface area contributed by atoms with Crippen LogP contribution in [-0.2, 0) is 12.1 Å². The van der Waals surface area contributed by atoms with Crippen molar-refractivity contribution >= 4 is 0 Å². The lowest BCUT2D eigenvalue weighted by atomic mass is 9.89. The van der Waals surface area contributed by atoms with Gasteiger partial charge in [0.25, 0.3) is 0 Å². The Bertz CT molecular complexity index is 804. The zero-order valence-electron chi connectivity index (χ0n) is 13.8. The smallest absolute Gasteiger partial charge is 0.128 e. The molecule has 0 aliphatic heterocycles. The zero-order chi connectivity index (χ0) is 16.4. The van der Waals surface area contributed by atoms with Gasteiger partial charge in [0.1, 0.15) is 11.4 Å². The Hall–Kier alpha value is -2.39. The first-order valence-corrected chi connectivity index (χ1v) is 7.85. The van der Waals surface area contributed by atoms with Crippen LogP contribution in [0.4, 0.5) is 0 Å². The highest BCUT2D eigenvalue weighted by atomic mass is 16.3. The molecule has 3 aromatic rings. The van der Waals surface area contributed by atoms with Crippen molar-refractivity contribution < 1.29 is 5.11 Å². The Morgan fingerprint density at radius 3 is 2.35 bits per heavy atom. The lowest BCUT2D eigenvalue weighted by molar-refractivity contribution is 0.0926. The number of rotatable bonds is 4. The van der Waals surface area contributed by atoms with E-state index in [4.69, 9.17) is 0 Å². The topological polar surface area (TPSA) is 38.1 Å². The second-order valence-corrected chi connectivity index (χ2v) is 6.15. The molecule has 0 amide bonds. The normalized spacial score (nSPS) is 13.7. The van der Waals surface area contributed by atoms with Crippen LogP contribution in [0.1, 0.15) is 35.1 Å². The molecule has 0 bridgehead atoms. The molecule has 0 saturated carbocycles. The van der Waals surface area contributed by atoms with Gasteiger partial charge in [-0.1, -0.05) is 54.6 Å². The van der Waals surface area contributed by atoms with Gasteiger partial charge in [-0.05, 0) is 37.5 Å². The Morgan fingerprint density at radius 2 is 1.65 bits per heavy atom. The number of hydrogen-bond acceptors (Lipinski definition) is 2. The van der Waals surface area contributed by atoms with Crippen molar-refractivity contribution in [2.75, 3.05) is 0 Å². The van der Waals surface area contributed by atoms with Crippen molar-refractivity contribution in [1.29, 1.82) is 0 Å². The third kappa shape index (κ3) is 2.92. The van der Waals surface area contributed by atoms with E-state index < -0.39 is 5.60 Å². The van der Waals surface area contributed by atoms with E-state index in [0.717, 1.165) is 22.6 Å². The highest BCUT2D eigenvalue weighted by Gasteiger charge is 2.31. The van der Waals surface area contributed by atoms with Crippen molar-refractivity contribution in [3.8, 4) is 0 Å². The molecule has 3 rings (SSSR count). The van der Waals surface area contributed by atoms with E-state index in [1.165, 1.54) is 5.56 Å². The van der Waals surface area contributed by atoms with E-state index in [1.807, 2.05) is 63.2 Å². The fraction of sp³-hybridized carbons (Fsp3) is 0.250. The Kier molecular flexibility index (Phi) is 4.05. The maximum Gasteiger partial charge on any atom is 0.128 e. The monoisotopic (exact) mass is 306 g/mol. The maximum absolute atomic E-state index is 11.2. The summed E-state index contributed by atoms with van der Waals surface area (Å²) in [6, 6.07) is 18.2. The number of aryl methyl sites for hydroxylation is 2. The Morgan fingerprint density at radius 1 is 1.00 bits per heavy atom. The molecule has 1 heterocycles. The van der Waals surface area contributed by atoms with Crippen LogP contribution in [0.3, 0.4) is 0 Å². The van der Waals surface area contributed by atoms with Gasteiger partial charge in [0, 0.05) is 6.54 Å².